The SMILES string of the molecule is NCC(=O)NCC(=O)NC(CCC(=O)O)C(=O)NCC(=O)C(N)C(=O)O. The summed E-state index contributed by atoms with van der Waals surface area (Å²) in [7, 11) is 0. The average molecular weight is 375 g/mol. The predicted octanol–water partition coefficient (Wildman–Crippen LogP) is -4.49. The predicted molar refractivity (Wildman–Crippen MR) is 84.5 cm³/mol. The summed E-state index contributed by atoms with van der Waals surface area (Å²) in [6.07, 6.45) is -0.757. The lowest BCUT2D eigenvalue weighted by Crippen LogP contribution is -2.52. The van der Waals surface area contributed by atoms with Gasteiger partial charge in [0.1, 0.15) is 6.04 Å². The van der Waals surface area contributed by atoms with Gasteiger partial charge in [-0.15, -0.1) is 0 Å². The Morgan fingerprint density at radius 2 is 1.54 bits per heavy atom. The number of nitrogens with one attached hydrogen (secondary N) is 3. The lowest BCUT2D eigenvalue weighted by molar-refractivity contribution is -0.143. The molecule has 3 amide bonds. The second-order valence-electron chi connectivity index (χ2n) is 5.03. The number of Topliss-reactive ketones (excluding diaryl/α,β-unsaturated/α-hetero) is 1. The van der Waals surface area contributed by atoms with Crippen LogP contribution in [0.1, 0.15) is 12.8 Å². The molecule has 26 heavy (non-hydrogen) atoms. The first kappa shape index (κ1) is 22.9. The van der Waals surface area contributed by atoms with Crippen molar-refractivity contribution in [1.82, 2.24) is 16.0 Å². The van der Waals surface area contributed by atoms with Crippen LogP contribution >= 0.6 is 0 Å². The molecule has 0 aliphatic rings. The maximum Gasteiger partial charge on any atom is 0.328 e. The Labute approximate surface area is 147 Å². The number of hydrogen-bond donors (Lipinski definition) is 7. The van der Waals surface area contributed by atoms with Crippen LogP contribution in [-0.4, -0.2) is 77.4 Å². The number of nitrogens with two attached hydrogens (primary N) is 2. The zero-order chi connectivity index (χ0) is 20.3. The second kappa shape index (κ2) is 11.5. The molecule has 0 aromatic rings. The van der Waals surface area contributed by atoms with Crippen molar-refractivity contribution < 1.29 is 39.0 Å². The smallest absolute Gasteiger partial charge is 0.328 e. The lowest BCUT2D eigenvalue weighted by atomic mass is 10.1. The van der Waals surface area contributed by atoms with E-state index in [1.54, 1.807) is 0 Å². The van der Waals surface area contributed by atoms with E-state index in [2.05, 4.69) is 16.0 Å². The number of carbonyl (C=O) groups excluding carboxylic acids is 4. The normalized spacial score (nSPS) is 12.4. The Morgan fingerprint density at radius 1 is 0.923 bits per heavy atom. The number of rotatable bonds is 12. The molecule has 0 bridgehead atoms. The van der Waals surface area contributed by atoms with Gasteiger partial charge in [-0.25, -0.2) is 0 Å². The molecule has 0 fully saturated rings. The fraction of sp³-hybridized carbons (Fsp3) is 0.538. The molecule has 0 aromatic heterocycles. The van der Waals surface area contributed by atoms with Gasteiger partial charge in [-0.2, -0.15) is 0 Å². The molecule has 0 radical (unpaired) electrons. The van der Waals surface area contributed by atoms with Crippen LogP contribution in [-0.2, 0) is 28.8 Å². The largest absolute Gasteiger partial charge is 0.481 e. The van der Waals surface area contributed by atoms with E-state index < -0.39 is 67.0 Å². The number of aliphatic carboxylic acids is 2. The van der Waals surface area contributed by atoms with Gasteiger partial charge < -0.3 is 37.6 Å². The third kappa shape index (κ3) is 9.29. The molecule has 2 unspecified atom stereocenters. The first-order valence-corrected chi connectivity index (χ1v) is 7.35. The highest BCUT2D eigenvalue weighted by Gasteiger charge is 2.25. The van der Waals surface area contributed by atoms with E-state index in [1.165, 1.54) is 0 Å². The van der Waals surface area contributed by atoms with Crippen LogP contribution in [0, 0.1) is 0 Å². The third-order valence-corrected chi connectivity index (χ3v) is 2.98. The maximum atomic E-state index is 12.0. The number of amides is 3. The van der Waals surface area contributed by atoms with Crippen molar-refractivity contribution in [3.05, 3.63) is 0 Å². The molecule has 0 rings (SSSR count). The first-order valence-electron chi connectivity index (χ1n) is 7.35. The molecule has 0 heterocycles. The van der Waals surface area contributed by atoms with Gasteiger partial charge in [0, 0.05) is 6.42 Å². The van der Waals surface area contributed by atoms with Gasteiger partial charge in [-0.3, -0.25) is 28.8 Å². The van der Waals surface area contributed by atoms with Gasteiger partial charge in [0.25, 0.3) is 0 Å². The van der Waals surface area contributed by atoms with Gasteiger partial charge in [0.15, 0.2) is 11.8 Å². The van der Waals surface area contributed by atoms with Crippen LogP contribution in [0.15, 0.2) is 0 Å². The number of carboxylic acid groups (broad SMARTS) is 2. The summed E-state index contributed by atoms with van der Waals surface area (Å²) in [4.78, 5) is 67.4. The number of ketones is 1. The van der Waals surface area contributed by atoms with E-state index in [0.29, 0.717) is 0 Å². The average Bonchev–Trinajstić information content (AvgIpc) is 2.59. The highest BCUT2D eigenvalue weighted by atomic mass is 16.4. The van der Waals surface area contributed by atoms with Gasteiger partial charge in [-0.1, -0.05) is 0 Å². The molecule has 0 aliphatic carbocycles. The lowest BCUT2D eigenvalue weighted by Gasteiger charge is -2.18. The summed E-state index contributed by atoms with van der Waals surface area (Å²) in [6.45, 7) is -1.55. The summed E-state index contributed by atoms with van der Waals surface area (Å²) in [6, 6.07) is -3.14. The molecule has 13 heteroatoms. The van der Waals surface area contributed by atoms with Crippen molar-refractivity contribution in [3.63, 3.8) is 0 Å². The number of hydrogen-bond acceptors (Lipinski definition) is 8. The third-order valence-electron chi connectivity index (χ3n) is 2.98. The van der Waals surface area contributed by atoms with Crippen LogP contribution < -0.4 is 27.4 Å². The zero-order valence-corrected chi connectivity index (χ0v) is 13.7. The minimum absolute atomic E-state index is 0.295. The molecular weight excluding hydrogens is 354 g/mol. The number of carboxylic acids is 2. The van der Waals surface area contributed by atoms with Gasteiger partial charge in [0.05, 0.1) is 19.6 Å². The molecule has 13 nitrogen and oxygen atoms in total. The standard InChI is InChI=1S/C13H21N5O8/c14-3-8(20)16-5-9(21)18-6(1-2-10(22)23)12(24)17-4-7(19)11(15)13(25)26/h6,11H,1-5,14-15H2,(H,16,20)(H,17,24)(H,18,21)(H,22,23)(H,25,26). The van der Waals surface area contributed by atoms with E-state index in [0.717, 1.165) is 0 Å². The quantitative estimate of drug-likeness (QED) is 0.161. The second-order valence-corrected chi connectivity index (χ2v) is 5.03. The zero-order valence-electron chi connectivity index (χ0n) is 13.7. The molecule has 146 valence electrons. The summed E-state index contributed by atoms with van der Waals surface area (Å²) in [5.41, 5.74) is 10.1. The monoisotopic (exact) mass is 375 g/mol. The maximum absolute atomic E-state index is 12.0. The summed E-state index contributed by atoms with van der Waals surface area (Å²) in [5, 5.41) is 23.7. The Balaban J connectivity index is 4.73. The molecule has 0 saturated heterocycles. The Hall–Kier alpha value is -3.06. The van der Waals surface area contributed by atoms with Crippen molar-refractivity contribution in [2.24, 2.45) is 11.5 Å². The minimum atomic E-state index is -1.83. The van der Waals surface area contributed by atoms with Crippen molar-refractivity contribution >= 4 is 35.4 Å². The molecule has 0 aliphatic heterocycles. The van der Waals surface area contributed by atoms with E-state index >= 15 is 0 Å². The first-order chi connectivity index (χ1) is 12.1. The molecule has 2 atom stereocenters. The molecule has 0 aromatic carbocycles. The summed E-state index contributed by atoms with van der Waals surface area (Å²) in [5.74, 6) is -6.08. The Bertz CT molecular complexity index is 579. The Morgan fingerprint density at radius 3 is 2.04 bits per heavy atom. The van der Waals surface area contributed by atoms with Crippen LogP contribution in [0.3, 0.4) is 0 Å². The molecular formula is C13H21N5O8. The highest BCUT2D eigenvalue weighted by Crippen LogP contribution is 1.98. The van der Waals surface area contributed by atoms with Crippen molar-refractivity contribution in [3.8, 4) is 0 Å². The van der Waals surface area contributed by atoms with Crippen LogP contribution in [0.4, 0.5) is 0 Å². The van der Waals surface area contributed by atoms with Gasteiger partial charge in [0.2, 0.25) is 17.7 Å². The number of carbonyl (C=O) groups is 6. The highest BCUT2D eigenvalue weighted by molar-refractivity contribution is 6.04. The van der Waals surface area contributed by atoms with E-state index in [9.17, 15) is 28.8 Å². The van der Waals surface area contributed by atoms with E-state index in [1.807, 2.05) is 0 Å². The summed E-state index contributed by atoms with van der Waals surface area (Å²) >= 11 is 0. The topological polar surface area (TPSA) is 231 Å². The summed E-state index contributed by atoms with van der Waals surface area (Å²) < 4.78 is 0. The van der Waals surface area contributed by atoms with E-state index in [-0.39, 0.29) is 13.0 Å². The molecule has 0 spiro atoms. The van der Waals surface area contributed by atoms with Crippen molar-refractivity contribution in [2.75, 3.05) is 19.6 Å². The fourth-order valence-electron chi connectivity index (χ4n) is 1.58. The van der Waals surface area contributed by atoms with Gasteiger partial charge in [-0.05, 0) is 6.42 Å². The molecule has 0 saturated carbocycles. The minimum Gasteiger partial charge on any atom is -0.481 e. The molecule has 9 N–H and O–H groups in total. The van der Waals surface area contributed by atoms with Gasteiger partial charge >= 0.3 is 11.9 Å². The van der Waals surface area contributed by atoms with Crippen molar-refractivity contribution in [2.45, 2.75) is 24.9 Å². The van der Waals surface area contributed by atoms with Crippen LogP contribution in [0.25, 0.3) is 0 Å². The van der Waals surface area contributed by atoms with Crippen molar-refractivity contribution in [1.29, 1.82) is 0 Å². The van der Waals surface area contributed by atoms with Crippen LogP contribution in [0.5, 0.6) is 0 Å². The fourth-order valence-corrected chi connectivity index (χ4v) is 1.58. The van der Waals surface area contributed by atoms with E-state index in [4.69, 9.17) is 21.7 Å². The Kier molecular flexibility index (Phi) is 10.1. The van der Waals surface area contributed by atoms with Crippen LogP contribution in [0.2, 0.25) is 0 Å².